The minimum atomic E-state index is 0.00383. The number of fused-ring (bicyclic) bond motifs is 1. The number of nitrogens with one attached hydrogen (secondary N) is 1. The number of hydrogen-bond acceptors (Lipinski definition) is 2. The molecule has 2 atom stereocenters. The first kappa shape index (κ1) is 15.6. The van der Waals surface area contributed by atoms with Gasteiger partial charge in [-0.25, -0.2) is 0 Å². The van der Waals surface area contributed by atoms with Crippen LogP contribution in [0.25, 0.3) is 0 Å². The zero-order valence-electron chi connectivity index (χ0n) is 14.0. The summed E-state index contributed by atoms with van der Waals surface area (Å²) in [5, 5.41) is 3.62. The van der Waals surface area contributed by atoms with Crippen LogP contribution in [0.15, 0.2) is 54.6 Å². The van der Waals surface area contributed by atoms with Crippen LogP contribution in [0.4, 0.5) is 11.4 Å². The van der Waals surface area contributed by atoms with Gasteiger partial charge in [-0.05, 0) is 37.1 Å². The van der Waals surface area contributed by atoms with Gasteiger partial charge in [-0.1, -0.05) is 50.2 Å². The van der Waals surface area contributed by atoms with Gasteiger partial charge in [0, 0.05) is 23.3 Å². The summed E-state index contributed by atoms with van der Waals surface area (Å²) in [6, 6.07) is 18.9. The fraction of sp³-hybridized carbons (Fsp3) is 0.350. The molecule has 1 aliphatic rings. The molecule has 1 amide bonds. The standard InChI is InChI=1S/C20H24N2O/c1-14(2)20(23)22-15(3)13-18(17-11-7-8-12-19(17)22)21-16-9-5-4-6-10-16/h4-12,14-15,18,21H,13H2,1-3H3/t15-,18+/m0/s1. The van der Waals surface area contributed by atoms with Gasteiger partial charge in [-0.15, -0.1) is 0 Å². The number of para-hydroxylation sites is 2. The van der Waals surface area contributed by atoms with E-state index in [9.17, 15) is 4.79 Å². The topological polar surface area (TPSA) is 32.3 Å². The van der Waals surface area contributed by atoms with Crippen molar-refractivity contribution < 1.29 is 4.79 Å². The second kappa shape index (κ2) is 6.45. The van der Waals surface area contributed by atoms with Gasteiger partial charge in [0.1, 0.15) is 0 Å². The summed E-state index contributed by atoms with van der Waals surface area (Å²) in [4.78, 5) is 14.6. The highest BCUT2D eigenvalue weighted by atomic mass is 16.2. The Morgan fingerprint density at radius 3 is 2.43 bits per heavy atom. The molecular formula is C20H24N2O. The van der Waals surface area contributed by atoms with Gasteiger partial charge in [-0.2, -0.15) is 0 Å². The maximum Gasteiger partial charge on any atom is 0.229 e. The molecule has 0 spiro atoms. The lowest BCUT2D eigenvalue weighted by atomic mass is 9.90. The van der Waals surface area contributed by atoms with Crippen LogP contribution in [0.3, 0.4) is 0 Å². The van der Waals surface area contributed by atoms with Gasteiger partial charge in [0.15, 0.2) is 0 Å². The second-order valence-corrected chi connectivity index (χ2v) is 6.57. The number of anilines is 2. The summed E-state index contributed by atoms with van der Waals surface area (Å²) in [5.74, 6) is 0.201. The Morgan fingerprint density at radius 2 is 1.74 bits per heavy atom. The highest BCUT2D eigenvalue weighted by Gasteiger charge is 2.34. The number of rotatable bonds is 3. The maximum absolute atomic E-state index is 12.6. The lowest BCUT2D eigenvalue weighted by Gasteiger charge is -2.40. The zero-order valence-corrected chi connectivity index (χ0v) is 14.0. The van der Waals surface area contributed by atoms with Crippen LogP contribution in [-0.2, 0) is 4.79 Å². The van der Waals surface area contributed by atoms with Crippen molar-refractivity contribution >= 4 is 17.3 Å². The van der Waals surface area contributed by atoms with Crippen molar-refractivity contribution in [3.05, 3.63) is 60.2 Å². The number of hydrogen-bond donors (Lipinski definition) is 1. The molecule has 23 heavy (non-hydrogen) atoms. The van der Waals surface area contributed by atoms with Gasteiger partial charge in [0.25, 0.3) is 0 Å². The third-order valence-corrected chi connectivity index (χ3v) is 4.44. The van der Waals surface area contributed by atoms with Crippen molar-refractivity contribution in [2.24, 2.45) is 5.92 Å². The summed E-state index contributed by atoms with van der Waals surface area (Å²) in [5.41, 5.74) is 3.35. The Balaban J connectivity index is 1.95. The molecule has 0 fully saturated rings. The summed E-state index contributed by atoms with van der Waals surface area (Å²) < 4.78 is 0. The highest BCUT2D eigenvalue weighted by Crippen LogP contribution is 2.39. The molecule has 0 saturated carbocycles. The molecule has 2 aromatic carbocycles. The average Bonchev–Trinajstić information content (AvgIpc) is 2.55. The summed E-state index contributed by atoms with van der Waals surface area (Å²) in [7, 11) is 0. The van der Waals surface area contributed by atoms with Crippen molar-refractivity contribution in [1.82, 2.24) is 0 Å². The van der Waals surface area contributed by atoms with E-state index < -0.39 is 0 Å². The van der Waals surface area contributed by atoms with Crippen molar-refractivity contribution in [2.45, 2.75) is 39.3 Å². The van der Waals surface area contributed by atoms with E-state index in [2.05, 4.69) is 36.5 Å². The van der Waals surface area contributed by atoms with E-state index in [4.69, 9.17) is 0 Å². The van der Waals surface area contributed by atoms with Crippen LogP contribution < -0.4 is 10.2 Å². The van der Waals surface area contributed by atoms with Crippen LogP contribution >= 0.6 is 0 Å². The monoisotopic (exact) mass is 308 g/mol. The molecule has 2 aromatic rings. The lowest BCUT2D eigenvalue weighted by molar-refractivity contribution is -0.122. The van der Waals surface area contributed by atoms with E-state index in [0.717, 1.165) is 17.8 Å². The van der Waals surface area contributed by atoms with Crippen molar-refractivity contribution in [3.63, 3.8) is 0 Å². The summed E-state index contributed by atoms with van der Waals surface area (Å²) >= 11 is 0. The smallest absolute Gasteiger partial charge is 0.229 e. The van der Waals surface area contributed by atoms with Crippen LogP contribution in [-0.4, -0.2) is 11.9 Å². The number of carbonyl (C=O) groups is 1. The first-order valence-electron chi connectivity index (χ1n) is 8.31. The lowest BCUT2D eigenvalue weighted by Crippen LogP contribution is -2.46. The van der Waals surface area contributed by atoms with Crippen LogP contribution in [0.1, 0.15) is 38.8 Å². The van der Waals surface area contributed by atoms with Crippen LogP contribution in [0, 0.1) is 5.92 Å². The zero-order chi connectivity index (χ0) is 16.4. The van der Waals surface area contributed by atoms with Crippen molar-refractivity contribution in [3.8, 4) is 0 Å². The van der Waals surface area contributed by atoms with E-state index in [0.29, 0.717) is 0 Å². The first-order chi connectivity index (χ1) is 11.1. The molecule has 0 aliphatic carbocycles. The van der Waals surface area contributed by atoms with Gasteiger partial charge in [0.2, 0.25) is 5.91 Å². The van der Waals surface area contributed by atoms with Gasteiger partial charge in [-0.3, -0.25) is 4.79 Å². The largest absolute Gasteiger partial charge is 0.378 e. The van der Waals surface area contributed by atoms with Crippen LogP contribution in [0.5, 0.6) is 0 Å². The molecular weight excluding hydrogens is 284 g/mol. The van der Waals surface area contributed by atoms with Crippen molar-refractivity contribution in [1.29, 1.82) is 0 Å². The third-order valence-electron chi connectivity index (χ3n) is 4.44. The van der Waals surface area contributed by atoms with E-state index in [-0.39, 0.29) is 23.9 Å². The quantitative estimate of drug-likeness (QED) is 0.897. The maximum atomic E-state index is 12.6. The number of carbonyl (C=O) groups excluding carboxylic acids is 1. The molecule has 120 valence electrons. The molecule has 0 bridgehead atoms. The SMILES string of the molecule is CC(C)C(=O)N1c2ccccc2[C@H](Nc2ccccc2)C[C@@H]1C. The van der Waals surface area contributed by atoms with E-state index in [1.165, 1.54) is 5.56 Å². The summed E-state index contributed by atoms with van der Waals surface area (Å²) in [6.45, 7) is 6.06. The predicted molar refractivity (Wildman–Crippen MR) is 95.7 cm³/mol. The normalized spacial score (nSPS) is 20.3. The van der Waals surface area contributed by atoms with Crippen molar-refractivity contribution in [2.75, 3.05) is 10.2 Å². The number of amides is 1. The molecule has 0 saturated heterocycles. The average molecular weight is 308 g/mol. The third kappa shape index (κ3) is 3.09. The Hall–Kier alpha value is -2.29. The predicted octanol–water partition coefficient (Wildman–Crippen LogP) is 4.62. The molecule has 0 radical (unpaired) electrons. The Bertz CT molecular complexity index is 681. The number of nitrogens with zero attached hydrogens (tertiary/aromatic N) is 1. The first-order valence-corrected chi connectivity index (χ1v) is 8.31. The fourth-order valence-corrected chi connectivity index (χ4v) is 3.30. The Kier molecular flexibility index (Phi) is 4.37. The number of benzene rings is 2. The molecule has 0 aromatic heterocycles. The molecule has 1 aliphatic heterocycles. The molecule has 1 N–H and O–H groups in total. The minimum Gasteiger partial charge on any atom is -0.378 e. The summed E-state index contributed by atoms with van der Waals surface area (Å²) in [6.07, 6.45) is 0.907. The van der Waals surface area contributed by atoms with Gasteiger partial charge < -0.3 is 10.2 Å². The molecule has 3 rings (SSSR count). The van der Waals surface area contributed by atoms with E-state index >= 15 is 0 Å². The highest BCUT2D eigenvalue weighted by molar-refractivity contribution is 5.96. The molecule has 3 nitrogen and oxygen atoms in total. The van der Waals surface area contributed by atoms with E-state index in [1.54, 1.807) is 0 Å². The molecule has 0 unspecified atom stereocenters. The fourth-order valence-electron chi connectivity index (χ4n) is 3.30. The molecule has 1 heterocycles. The van der Waals surface area contributed by atoms with Gasteiger partial charge in [0.05, 0.1) is 6.04 Å². The molecule has 3 heteroatoms. The van der Waals surface area contributed by atoms with E-state index in [1.807, 2.05) is 49.1 Å². The Morgan fingerprint density at radius 1 is 1.09 bits per heavy atom. The second-order valence-electron chi connectivity index (χ2n) is 6.57. The minimum absolute atomic E-state index is 0.00383. The van der Waals surface area contributed by atoms with Crippen LogP contribution in [0.2, 0.25) is 0 Å². The van der Waals surface area contributed by atoms with Gasteiger partial charge >= 0.3 is 0 Å². The Labute approximate surface area is 138 Å².